The molecule has 160 valence electrons. The van der Waals surface area contributed by atoms with E-state index in [1.54, 1.807) is 73.1 Å². The molecule has 32 heavy (non-hydrogen) atoms. The summed E-state index contributed by atoms with van der Waals surface area (Å²) in [4.78, 5) is 17.0. The van der Waals surface area contributed by atoms with E-state index in [9.17, 15) is 9.90 Å². The molecule has 1 amide bonds. The van der Waals surface area contributed by atoms with Crippen molar-refractivity contribution in [2.45, 2.75) is 12.5 Å². The van der Waals surface area contributed by atoms with Crippen molar-refractivity contribution in [2.24, 2.45) is 0 Å². The molecule has 2 aromatic heterocycles. The van der Waals surface area contributed by atoms with Gasteiger partial charge >= 0.3 is 0 Å². The lowest BCUT2D eigenvalue weighted by Gasteiger charge is -2.20. The molecule has 0 bridgehead atoms. The molecule has 0 radical (unpaired) electrons. The second-order valence-electron chi connectivity index (χ2n) is 7.18. The molecule has 0 fully saturated rings. The number of rotatable bonds is 7. The Morgan fingerprint density at radius 3 is 2.56 bits per heavy atom. The van der Waals surface area contributed by atoms with E-state index in [-0.39, 0.29) is 23.6 Å². The van der Waals surface area contributed by atoms with Crippen LogP contribution in [-0.2, 0) is 0 Å². The number of carbonyl (C=O) groups is 1. The number of hydrogen-bond donors (Lipinski definition) is 3. The molecule has 7 heteroatoms. The number of furan rings is 1. The number of phenols is 1. The molecule has 0 saturated carbocycles. The number of hydrogen-bond acceptors (Lipinski definition) is 5. The van der Waals surface area contributed by atoms with Gasteiger partial charge in [-0.3, -0.25) is 9.78 Å². The molecule has 1 unspecified atom stereocenters. The van der Waals surface area contributed by atoms with Gasteiger partial charge in [-0.1, -0.05) is 35.9 Å². The predicted octanol–water partition coefficient (Wildman–Crippen LogP) is 5.63. The van der Waals surface area contributed by atoms with Crippen LogP contribution in [0.5, 0.6) is 5.75 Å². The highest BCUT2D eigenvalue weighted by atomic mass is 35.5. The quantitative estimate of drug-likeness (QED) is 0.321. The van der Waals surface area contributed by atoms with Crippen LogP contribution in [0, 0.1) is 5.41 Å². The third-order valence-corrected chi connectivity index (χ3v) is 5.25. The minimum absolute atomic E-state index is 0.0399. The maximum atomic E-state index is 13.0. The summed E-state index contributed by atoms with van der Waals surface area (Å²) >= 11 is 5.93. The molecule has 2 heterocycles. The van der Waals surface area contributed by atoms with Crippen molar-refractivity contribution in [3.05, 3.63) is 107 Å². The first kappa shape index (κ1) is 21.3. The van der Waals surface area contributed by atoms with Gasteiger partial charge in [0, 0.05) is 46.2 Å². The van der Waals surface area contributed by atoms with Crippen LogP contribution >= 0.6 is 11.6 Å². The molecule has 0 aliphatic heterocycles. The molecular weight excluding hydrogens is 426 g/mol. The van der Waals surface area contributed by atoms with E-state index < -0.39 is 11.9 Å². The Morgan fingerprint density at radius 1 is 1.06 bits per heavy atom. The summed E-state index contributed by atoms with van der Waals surface area (Å²) in [7, 11) is 0. The number of phenolic OH excluding ortho intramolecular Hbond substituents is 1. The number of benzene rings is 2. The fourth-order valence-electron chi connectivity index (χ4n) is 3.34. The van der Waals surface area contributed by atoms with Crippen LogP contribution in [0.1, 0.15) is 34.1 Å². The number of nitrogens with zero attached hydrogens (tertiary/aromatic N) is 1. The average molecular weight is 446 g/mol. The first-order chi connectivity index (χ1) is 15.5. The Kier molecular flexibility index (Phi) is 6.33. The van der Waals surface area contributed by atoms with Crippen molar-refractivity contribution in [1.82, 2.24) is 10.3 Å². The van der Waals surface area contributed by atoms with Crippen LogP contribution in [0.4, 0.5) is 0 Å². The summed E-state index contributed by atoms with van der Waals surface area (Å²) in [5.74, 6) is 0.257. The summed E-state index contributed by atoms with van der Waals surface area (Å²) < 4.78 is 5.75. The Labute approximate surface area is 190 Å². The third-order valence-electron chi connectivity index (χ3n) is 4.99. The fraction of sp³-hybridized carbons (Fsp3) is 0.0800. The highest BCUT2D eigenvalue weighted by molar-refractivity contribution is 6.30. The van der Waals surface area contributed by atoms with Gasteiger partial charge < -0.3 is 20.2 Å². The standard InChI is InChI=1S/C25H20ClN3O3/c26-18-9-7-16(8-10-18)23-11-12-24(32-23)25(31)29-21(19-5-1-2-6-22(19)30)14-20(27)17-4-3-13-28-15-17/h1-13,15,21,27,30H,14H2,(H,29,31). The molecular formula is C25H20ClN3O3. The normalized spacial score (nSPS) is 11.7. The summed E-state index contributed by atoms with van der Waals surface area (Å²) in [5.41, 5.74) is 2.24. The topological polar surface area (TPSA) is 99.2 Å². The number of para-hydroxylation sites is 1. The van der Waals surface area contributed by atoms with Gasteiger partial charge in [-0.25, -0.2) is 0 Å². The molecule has 0 aliphatic carbocycles. The number of halogens is 1. The molecule has 2 aromatic carbocycles. The molecule has 0 spiro atoms. The van der Waals surface area contributed by atoms with Gasteiger partial charge in [0.15, 0.2) is 5.76 Å². The third kappa shape index (κ3) is 4.87. The fourth-order valence-corrected chi connectivity index (χ4v) is 3.47. The number of aromatic nitrogens is 1. The van der Waals surface area contributed by atoms with Gasteiger partial charge in [-0.2, -0.15) is 0 Å². The van der Waals surface area contributed by atoms with Crippen LogP contribution in [0.3, 0.4) is 0 Å². The maximum absolute atomic E-state index is 13.0. The lowest BCUT2D eigenvalue weighted by molar-refractivity contribution is 0.0910. The number of amides is 1. The Bertz CT molecular complexity index is 1240. The van der Waals surface area contributed by atoms with E-state index in [1.165, 1.54) is 0 Å². The zero-order valence-electron chi connectivity index (χ0n) is 17.0. The van der Waals surface area contributed by atoms with Crippen molar-refractivity contribution < 1.29 is 14.3 Å². The molecule has 4 rings (SSSR count). The predicted molar refractivity (Wildman–Crippen MR) is 123 cm³/mol. The zero-order chi connectivity index (χ0) is 22.5. The van der Waals surface area contributed by atoms with Crippen molar-refractivity contribution >= 4 is 23.2 Å². The summed E-state index contributed by atoms with van der Waals surface area (Å²) in [5, 5.41) is 22.3. The van der Waals surface area contributed by atoms with E-state index in [2.05, 4.69) is 10.3 Å². The van der Waals surface area contributed by atoms with Gasteiger partial charge in [0.05, 0.1) is 6.04 Å². The first-order valence-electron chi connectivity index (χ1n) is 9.93. The van der Waals surface area contributed by atoms with E-state index in [1.807, 2.05) is 12.1 Å². The maximum Gasteiger partial charge on any atom is 0.287 e. The van der Waals surface area contributed by atoms with Crippen LogP contribution in [-0.4, -0.2) is 21.7 Å². The summed E-state index contributed by atoms with van der Waals surface area (Å²) in [6.07, 6.45) is 3.39. The van der Waals surface area contributed by atoms with Gasteiger partial charge in [0.2, 0.25) is 0 Å². The highest BCUT2D eigenvalue weighted by Gasteiger charge is 2.22. The van der Waals surface area contributed by atoms with E-state index in [4.69, 9.17) is 21.4 Å². The van der Waals surface area contributed by atoms with Gasteiger partial charge in [0.25, 0.3) is 5.91 Å². The molecule has 0 aliphatic rings. The second kappa shape index (κ2) is 9.49. The Morgan fingerprint density at radius 2 is 1.84 bits per heavy atom. The monoisotopic (exact) mass is 445 g/mol. The largest absolute Gasteiger partial charge is 0.508 e. The van der Waals surface area contributed by atoms with Crippen molar-refractivity contribution in [2.75, 3.05) is 0 Å². The minimum Gasteiger partial charge on any atom is -0.508 e. The van der Waals surface area contributed by atoms with Crippen LogP contribution in [0.15, 0.2) is 89.6 Å². The van der Waals surface area contributed by atoms with Gasteiger partial charge in [-0.15, -0.1) is 0 Å². The molecule has 0 saturated heterocycles. The summed E-state index contributed by atoms with van der Waals surface area (Å²) in [6.45, 7) is 0. The smallest absolute Gasteiger partial charge is 0.287 e. The number of nitrogens with one attached hydrogen (secondary N) is 2. The molecule has 1 atom stereocenters. The molecule has 6 nitrogen and oxygen atoms in total. The Balaban J connectivity index is 1.57. The lowest BCUT2D eigenvalue weighted by atomic mass is 9.97. The van der Waals surface area contributed by atoms with E-state index in [0.717, 1.165) is 5.56 Å². The van der Waals surface area contributed by atoms with Crippen LogP contribution in [0.25, 0.3) is 11.3 Å². The SMILES string of the molecule is N=C(CC(NC(=O)c1ccc(-c2ccc(Cl)cc2)o1)c1ccccc1O)c1cccnc1. The first-order valence-corrected chi connectivity index (χ1v) is 10.3. The minimum atomic E-state index is -0.638. The van der Waals surface area contributed by atoms with Gasteiger partial charge in [0.1, 0.15) is 11.5 Å². The van der Waals surface area contributed by atoms with E-state index >= 15 is 0 Å². The van der Waals surface area contributed by atoms with Crippen molar-refractivity contribution in [1.29, 1.82) is 5.41 Å². The number of carbonyl (C=O) groups excluding carboxylic acids is 1. The zero-order valence-corrected chi connectivity index (χ0v) is 17.7. The van der Waals surface area contributed by atoms with E-state index in [0.29, 0.717) is 21.9 Å². The molecule has 4 aromatic rings. The summed E-state index contributed by atoms with van der Waals surface area (Å²) in [6, 6.07) is 20.1. The van der Waals surface area contributed by atoms with Crippen LogP contribution in [0.2, 0.25) is 5.02 Å². The van der Waals surface area contributed by atoms with Crippen molar-refractivity contribution in [3.8, 4) is 17.1 Å². The highest BCUT2D eigenvalue weighted by Crippen LogP contribution is 2.29. The Hall–Kier alpha value is -3.90. The van der Waals surface area contributed by atoms with Crippen LogP contribution < -0.4 is 5.32 Å². The average Bonchev–Trinajstić information content (AvgIpc) is 3.30. The lowest BCUT2D eigenvalue weighted by Crippen LogP contribution is -2.30. The second-order valence-corrected chi connectivity index (χ2v) is 7.62. The van der Waals surface area contributed by atoms with Gasteiger partial charge in [-0.05, 0) is 48.5 Å². The number of pyridine rings is 1. The van der Waals surface area contributed by atoms with Crippen molar-refractivity contribution in [3.63, 3.8) is 0 Å². The molecule has 3 N–H and O–H groups in total. The number of aromatic hydroxyl groups is 1.